The van der Waals surface area contributed by atoms with Crippen LogP contribution in [0.5, 0.6) is 5.75 Å². The molecule has 1 aromatic carbocycles. The van der Waals surface area contributed by atoms with E-state index in [2.05, 4.69) is 27.7 Å². The number of para-hydroxylation sites is 1. The summed E-state index contributed by atoms with van der Waals surface area (Å²) in [5, 5.41) is 23.1. The lowest BCUT2D eigenvalue weighted by atomic mass is 9.37. The Balaban J connectivity index is 1.82. The van der Waals surface area contributed by atoms with Crippen molar-refractivity contribution in [2.45, 2.75) is 83.4 Å². The van der Waals surface area contributed by atoms with Crippen molar-refractivity contribution in [3.63, 3.8) is 0 Å². The second-order valence-corrected chi connectivity index (χ2v) is 10.0. The van der Waals surface area contributed by atoms with E-state index in [1.54, 1.807) is 0 Å². The Bertz CT molecular complexity index is 775. The Kier molecular flexibility index (Phi) is 3.05. The van der Waals surface area contributed by atoms with Crippen LogP contribution < -0.4 is 4.74 Å². The summed E-state index contributed by atoms with van der Waals surface area (Å²) in [6.45, 7) is 8.84. The monoisotopic (exact) mass is 358 g/mol. The van der Waals surface area contributed by atoms with Crippen molar-refractivity contribution < 1.29 is 19.7 Å². The molecule has 1 aromatic rings. The van der Waals surface area contributed by atoms with Crippen LogP contribution in [0.4, 0.5) is 0 Å². The molecule has 2 bridgehead atoms. The molecule has 2 aliphatic carbocycles. The Labute approximate surface area is 155 Å². The number of aliphatic hydroxyl groups excluding tert-OH is 2. The third-order valence-corrected chi connectivity index (χ3v) is 8.89. The summed E-state index contributed by atoms with van der Waals surface area (Å²) in [6, 6.07) is 7.71. The average Bonchev–Trinajstić information content (AvgIpc) is 2.70. The molecule has 0 radical (unpaired) electrons. The van der Waals surface area contributed by atoms with Gasteiger partial charge in [0.1, 0.15) is 11.4 Å². The molecule has 1 unspecified atom stereocenters. The molecule has 4 heteroatoms. The molecule has 142 valence electrons. The van der Waals surface area contributed by atoms with Gasteiger partial charge in [0, 0.05) is 11.0 Å². The zero-order chi connectivity index (χ0) is 18.6. The van der Waals surface area contributed by atoms with E-state index >= 15 is 0 Å². The van der Waals surface area contributed by atoms with Crippen LogP contribution in [0, 0.1) is 16.2 Å². The highest BCUT2D eigenvalue weighted by Gasteiger charge is 2.85. The first-order valence-electron chi connectivity index (χ1n) is 9.97. The van der Waals surface area contributed by atoms with Gasteiger partial charge >= 0.3 is 0 Å². The summed E-state index contributed by atoms with van der Waals surface area (Å²) in [7, 11) is 0. The number of hydrogen-bond acceptors (Lipinski definition) is 4. The van der Waals surface area contributed by atoms with E-state index < -0.39 is 29.0 Å². The van der Waals surface area contributed by atoms with E-state index in [1.807, 2.05) is 24.3 Å². The molecular formula is C22H30O4. The lowest BCUT2D eigenvalue weighted by Gasteiger charge is -2.68. The molecule has 6 atom stereocenters. The maximum absolute atomic E-state index is 11.7. The van der Waals surface area contributed by atoms with Gasteiger partial charge in [-0.15, -0.1) is 0 Å². The van der Waals surface area contributed by atoms with Crippen LogP contribution in [0.15, 0.2) is 24.3 Å². The molecule has 2 N–H and O–H groups in total. The van der Waals surface area contributed by atoms with Gasteiger partial charge in [-0.05, 0) is 44.1 Å². The zero-order valence-corrected chi connectivity index (χ0v) is 16.2. The fourth-order valence-electron chi connectivity index (χ4n) is 7.71. The van der Waals surface area contributed by atoms with E-state index in [-0.39, 0.29) is 10.8 Å². The van der Waals surface area contributed by atoms with Gasteiger partial charge in [-0.3, -0.25) is 0 Å². The number of hydrogen-bond donors (Lipinski definition) is 2. The Morgan fingerprint density at radius 1 is 0.962 bits per heavy atom. The summed E-state index contributed by atoms with van der Waals surface area (Å²) in [5.74, 6) is 0.735. The molecule has 3 fully saturated rings. The smallest absolute Gasteiger partial charge is 0.168 e. The number of fused-ring (bicyclic) bond motifs is 1. The van der Waals surface area contributed by atoms with Gasteiger partial charge in [0.25, 0.3) is 0 Å². The minimum absolute atomic E-state index is 0.0531. The number of rotatable bonds is 0. The quantitative estimate of drug-likeness (QED) is 0.737. The molecule has 0 amide bonds. The molecule has 1 spiro atoms. The maximum Gasteiger partial charge on any atom is 0.168 e. The van der Waals surface area contributed by atoms with E-state index in [4.69, 9.17) is 9.47 Å². The fraction of sp³-hybridized carbons (Fsp3) is 0.727. The average molecular weight is 358 g/mol. The summed E-state index contributed by atoms with van der Waals surface area (Å²) in [4.78, 5) is 0. The van der Waals surface area contributed by atoms with Gasteiger partial charge in [0.2, 0.25) is 0 Å². The van der Waals surface area contributed by atoms with Crippen molar-refractivity contribution in [3.8, 4) is 5.75 Å². The summed E-state index contributed by atoms with van der Waals surface area (Å²) >= 11 is 0. The third kappa shape index (κ3) is 1.45. The van der Waals surface area contributed by atoms with Gasteiger partial charge in [-0.1, -0.05) is 45.4 Å². The zero-order valence-electron chi connectivity index (χ0n) is 16.2. The highest BCUT2D eigenvalue weighted by Crippen LogP contribution is 2.80. The summed E-state index contributed by atoms with van der Waals surface area (Å²) in [5.41, 5.74) is -1.61. The van der Waals surface area contributed by atoms with Gasteiger partial charge in [-0.25, -0.2) is 0 Å². The molecule has 4 aliphatic rings. The first kappa shape index (κ1) is 17.0. The van der Waals surface area contributed by atoms with Crippen LogP contribution in [0.2, 0.25) is 0 Å². The fourth-order valence-corrected chi connectivity index (χ4v) is 7.71. The van der Waals surface area contributed by atoms with Crippen LogP contribution in [-0.4, -0.2) is 27.7 Å². The van der Waals surface area contributed by atoms with E-state index in [1.165, 1.54) is 0 Å². The molecule has 0 aromatic heterocycles. The first-order valence-corrected chi connectivity index (χ1v) is 9.97. The van der Waals surface area contributed by atoms with E-state index in [0.717, 1.165) is 43.4 Å². The van der Waals surface area contributed by atoms with Crippen LogP contribution in [0.3, 0.4) is 0 Å². The Hall–Kier alpha value is -1.10. The molecule has 1 saturated heterocycles. The molecule has 2 heterocycles. The van der Waals surface area contributed by atoms with Gasteiger partial charge in [0.05, 0.1) is 17.1 Å². The van der Waals surface area contributed by atoms with E-state index in [0.29, 0.717) is 0 Å². The van der Waals surface area contributed by atoms with Crippen molar-refractivity contribution >= 4 is 0 Å². The number of ether oxygens (including phenoxy) is 2. The van der Waals surface area contributed by atoms with Gasteiger partial charge in [-0.2, -0.15) is 0 Å². The van der Waals surface area contributed by atoms with Crippen LogP contribution in [0.1, 0.15) is 71.5 Å². The second kappa shape index (κ2) is 4.65. The van der Waals surface area contributed by atoms with Crippen molar-refractivity contribution in [2.75, 3.05) is 0 Å². The molecule has 2 saturated carbocycles. The maximum atomic E-state index is 11.7. The normalized spacial score (nSPS) is 51.0. The molecule has 2 aliphatic heterocycles. The minimum Gasteiger partial charge on any atom is -0.486 e. The Morgan fingerprint density at radius 3 is 2.46 bits per heavy atom. The van der Waals surface area contributed by atoms with Gasteiger partial charge < -0.3 is 19.7 Å². The SMILES string of the molecule is CC1(C)CCC[C@]2(C)[C@]34C(O)O[C@]12CC[C@]3(C)Oc1ccccc1[C@@H]4O. The molecule has 5 rings (SSSR count). The standard InChI is InChI=1S/C22H30O4/c1-18(2)10-7-11-19(3)21(18)13-12-20(4)22(19,17(24)26-21)16(23)14-8-5-6-9-15(14)25-20/h5-6,8-9,16-17,23-24H,7,10-13H2,1-4H3/t16-,17?,19-,20-,21+,22-/m0/s1. The van der Waals surface area contributed by atoms with Crippen molar-refractivity contribution in [1.29, 1.82) is 0 Å². The van der Waals surface area contributed by atoms with Crippen molar-refractivity contribution in [2.24, 2.45) is 16.2 Å². The summed E-state index contributed by atoms with van der Waals surface area (Å²) in [6.07, 6.45) is 2.86. The highest BCUT2D eigenvalue weighted by atomic mass is 16.6. The van der Waals surface area contributed by atoms with Crippen LogP contribution >= 0.6 is 0 Å². The van der Waals surface area contributed by atoms with Crippen molar-refractivity contribution in [3.05, 3.63) is 29.8 Å². The number of aliphatic hydroxyl groups is 2. The molecular weight excluding hydrogens is 328 g/mol. The summed E-state index contributed by atoms with van der Waals surface area (Å²) < 4.78 is 13.1. The second-order valence-electron chi connectivity index (χ2n) is 10.0. The third-order valence-electron chi connectivity index (χ3n) is 8.89. The van der Waals surface area contributed by atoms with Crippen molar-refractivity contribution in [1.82, 2.24) is 0 Å². The minimum atomic E-state index is -1.04. The lowest BCUT2D eigenvalue weighted by molar-refractivity contribution is -0.267. The lowest BCUT2D eigenvalue weighted by Crippen LogP contribution is -2.73. The van der Waals surface area contributed by atoms with E-state index in [9.17, 15) is 10.2 Å². The largest absolute Gasteiger partial charge is 0.486 e. The van der Waals surface area contributed by atoms with Gasteiger partial charge in [0.15, 0.2) is 6.29 Å². The predicted molar refractivity (Wildman–Crippen MR) is 97.7 cm³/mol. The highest BCUT2D eigenvalue weighted by molar-refractivity contribution is 5.44. The number of benzene rings is 1. The Morgan fingerprint density at radius 2 is 1.69 bits per heavy atom. The molecule has 26 heavy (non-hydrogen) atoms. The van der Waals surface area contributed by atoms with Crippen LogP contribution in [0.25, 0.3) is 0 Å². The predicted octanol–water partition coefficient (Wildman–Crippen LogP) is 3.96. The molecule has 4 nitrogen and oxygen atoms in total. The van der Waals surface area contributed by atoms with Crippen LogP contribution in [-0.2, 0) is 4.74 Å². The topological polar surface area (TPSA) is 58.9 Å². The first-order chi connectivity index (χ1) is 12.2.